The molecular formula is C27H38O7. The fourth-order valence-electron chi connectivity index (χ4n) is 9.58. The molecule has 188 valence electrons. The SMILES string of the molecule is CO[C@H]1[C@H]2O[C@@H]2[C@H](OCC23CC4C(C)CCC4C4(C=O)CC2C=C(C(C)C)C43C(=O)O)O[C@@H]1C. The molecule has 7 nitrogen and oxygen atoms in total. The number of carbonyl (C=O) groups excluding carboxylic acids is 1. The normalized spacial score (nSPS) is 54.5. The number of carboxylic acid groups (broad SMARTS) is 1. The fourth-order valence-corrected chi connectivity index (χ4v) is 9.58. The summed E-state index contributed by atoms with van der Waals surface area (Å²) in [6.07, 6.45) is 5.59. The second-order valence-corrected chi connectivity index (χ2v) is 12.3. The molecule has 6 aliphatic rings. The van der Waals surface area contributed by atoms with E-state index >= 15 is 0 Å². The van der Waals surface area contributed by atoms with Crippen molar-refractivity contribution < 1.29 is 33.6 Å². The summed E-state index contributed by atoms with van der Waals surface area (Å²) in [6.45, 7) is 8.63. The van der Waals surface area contributed by atoms with Crippen molar-refractivity contribution in [1.29, 1.82) is 0 Å². The maximum Gasteiger partial charge on any atom is 0.315 e. The molecule has 0 amide bonds. The first kappa shape index (κ1) is 23.1. The molecule has 2 saturated heterocycles. The summed E-state index contributed by atoms with van der Waals surface area (Å²) in [5.74, 6) is 0.188. The van der Waals surface area contributed by atoms with Gasteiger partial charge < -0.3 is 28.8 Å². The third kappa shape index (κ3) is 2.47. The predicted octanol–water partition coefficient (Wildman–Crippen LogP) is 3.45. The van der Waals surface area contributed by atoms with Crippen LogP contribution in [0.15, 0.2) is 11.6 Å². The quantitative estimate of drug-likeness (QED) is 0.343. The van der Waals surface area contributed by atoms with Crippen LogP contribution in [-0.4, -0.2) is 61.8 Å². The summed E-state index contributed by atoms with van der Waals surface area (Å²) in [5.41, 5.74) is -1.79. The highest BCUT2D eigenvalue weighted by Crippen LogP contribution is 2.82. The minimum absolute atomic E-state index is 0.0210. The number of hydrogen-bond acceptors (Lipinski definition) is 6. The van der Waals surface area contributed by atoms with Gasteiger partial charge in [0, 0.05) is 12.5 Å². The van der Waals surface area contributed by atoms with Gasteiger partial charge in [-0.15, -0.1) is 0 Å². The van der Waals surface area contributed by atoms with Gasteiger partial charge in [-0.3, -0.25) is 4.79 Å². The van der Waals surface area contributed by atoms with Crippen molar-refractivity contribution in [2.45, 2.75) is 84.1 Å². The molecule has 0 spiro atoms. The zero-order chi connectivity index (χ0) is 24.2. The van der Waals surface area contributed by atoms with Gasteiger partial charge >= 0.3 is 5.97 Å². The van der Waals surface area contributed by atoms with Crippen LogP contribution in [0.3, 0.4) is 0 Å². The topological polar surface area (TPSA) is 94.6 Å². The predicted molar refractivity (Wildman–Crippen MR) is 122 cm³/mol. The average molecular weight is 475 g/mol. The lowest BCUT2D eigenvalue weighted by Crippen LogP contribution is -2.63. The zero-order valence-electron chi connectivity index (χ0n) is 20.9. The van der Waals surface area contributed by atoms with E-state index in [9.17, 15) is 14.7 Å². The monoisotopic (exact) mass is 474 g/mol. The molecule has 5 fully saturated rings. The number of methoxy groups -OCH3 is 1. The Bertz CT molecular complexity index is 928. The largest absolute Gasteiger partial charge is 0.481 e. The Morgan fingerprint density at radius 1 is 1.24 bits per heavy atom. The summed E-state index contributed by atoms with van der Waals surface area (Å²) < 4.78 is 24.0. The van der Waals surface area contributed by atoms with E-state index in [4.69, 9.17) is 18.9 Å². The van der Waals surface area contributed by atoms with Crippen molar-refractivity contribution in [2.75, 3.05) is 13.7 Å². The van der Waals surface area contributed by atoms with Crippen LogP contribution in [0.5, 0.6) is 0 Å². The van der Waals surface area contributed by atoms with Gasteiger partial charge in [0.2, 0.25) is 0 Å². The van der Waals surface area contributed by atoms with Gasteiger partial charge in [0.15, 0.2) is 6.29 Å². The molecule has 1 N–H and O–H groups in total. The Balaban J connectivity index is 1.40. The Morgan fingerprint density at radius 3 is 2.65 bits per heavy atom. The fraction of sp³-hybridized carbons (Fsp3) is 0.852. The van der Waals surface area contributed by atoms with E-state index < -0.39 is 28.5 Å². The molecule has 2 aliphatic heterocycles. The van der Waals surface area contributed by atoms with Gasteiger partial charge in [0.25, 0.3) is 0 Å². The van der Waals surface area contributed by atoms with E-state index in [2.05, 4.69) is 26.8 Å². The van der Waals surface area contributed by atoms with Crippen molar-refractivity contribution >= 4 is 12.3 Å². The summed E-state index contributed by atoms with van der Waals surface area (Å²) in [5, 5.41) is 11.0. The lowest BCUT2D eigenvalue weighted by atomic mass is 9.43. The van der Waals surface area contributed by atoms with Gasteiger partial charge in [-0.2, -0.15) is 0 Å². The van der Waals surface area contributed by atoms with Gasteiger partial charge in [-0.1, -0.05) is 38.8 Å². The van der Waals surface area contributed by atoms with Crippen LogP contribution in [0, 0.1) is 45.8 Å². The highest BCUT2D eigenvalue weighted by molar-refractivity contribution is 5.90. The highest BCUT2D eigenvalue weighted by atomic mass is 16.7. The lowest BCUT2D eigenvalue weighted by molar-refractivity contribution is -0.237. The van der Waals surface area contributed by atoms with Crippen molar-refractivity contribution in [2.24, 2.45) is 45.8 Å². The minimum atomic E-state index is -1.22. The summed E-state index contributed by atoms with van der Waals surface area (Å²) in [6, 6.07) is 0. The van der Waals surface area contributed by atoms with Crippen molar-refractivity contribution in [1.82, 2.24) is 0 Å². The van der Waals surface area contributed by atoms with Crippen LogP contribution < -0.4 is 0 Å². The molecule has 12 atom stereocenters. The van der Waals surface area contributed by atoms with Crippen molar-refractivity contribution in [3.8, 4) is 0 Å². The number of ether oxygens (including phenoxy) is 4. The molecule has 0 radical (unpaired) electrons. The van der Waals surface area contributed by atoms with Crippen molar-refractivity contribution in [3.63, 3.8) is 0 Å². The molecule has 7 heteroatoms. The van der Waals surface area contributed by atoms with Crippen LogP contribution >= 0.6 is 0 Å². The molecule has 2 heterocycles. The number of rotatable bonds is 7. The van der Waals surface area contributed by atoms with Crippen LogP contribution in [0.1, 0.15) is 53.4 Å². The molecule has 6 rings (SSSR count). The van der Waals surface area contributed by atoms with E-state index in [-0.39, 0.29) is 48.8 Å². The van der Waals surface area contributed by atoms with E-state index in [1.807, 2.05) is 6.92 Å². The van der Waals surface area contributed by atoms with Crippen LogP contribution in [0.25, 0.3) is 0 Å². The van der Waals surface area contributed by atoms with Gasteiger partial charge in [-0.25, -0.2) is 0 Å². The minimum Gasteiger partial charge on any atom is -0.481 e. The number of fused-ring (bicyclic) bond motifs is 3. The number of carbonyl (C=O) groups is 2. The molecule has 0 aromatic heterocycles. The Kier molecular flexibility index (Phi) is 5.02. The molecule has 7 unspecified atom stereocenters. The summed E-state index contributed by atoms with van der Waals surface area (Å²) in [4.78, 5) is 26.6. The maximum absolute atomic E-state index is 13.5. The van der Waals surface area contributed by atoms with E-state index in [0.29, 0.717) is 18.3 Å². The molecule has 0 aromatic rings. The summed E-state index contributed by atoms with van der Waals surface area (Å²) >= 11 is 0. The second kappa shape index (κ2) is 7.37. The highest BCUT2D eigenvalue weighted by Gasteiger charge is 2.84. The first-order chi connectivity index (χ1) is 16.2. The number of aliphatic carboxylic acids is 1. The summed E-state index contributed by atoms with van der Waals surface area (Å²) in [7, 11) is 1.66. The van der Waals surface area contributed by atoms with E-state index in [0.717, 1.165) is 31.1 Å². The standard InChI is InChI=1S/C27H38O7/c1-13(2)19-8-16-9-25(11-28)18-7-6-14(3)17(18)10-26(16,27(19,25)24(29)30)12-32-23-22-21(34-22)20(31-5)15(4)33-23/h8,11,13-18,20-23H,6-7,9-10,12H2,1-5H3,(H,29,30)/t14?,15-,16?,17?,18?,20-,21-,22+,23-,25?,26?,27?/m1/s1. The Morgan fingerprint density at radius 2 is 2.00 bits per heavy atom. The zero-order valence-corrected chi connectivity index (χ0v) is 20.9. The number of carboxylic acids is 1. The van der Waals surface area contributed by atoms with E-state index in [1.165, 1.54) is 0 Å². The van der Waals surface area contributed by atoms with Crippen molar-refractivity contribution in [3.05, 3.63) is 11.6 Å². The second-order valence-electron chi connectivity index (χ2n) is 12.3. The third-order valence-corrected chi connectivity index (χ3v) is 10.9. The van der Waals surface area contributed by atoms with Gasteiger partial charge in [0.1, 0.15) is 30.0 Å². The van der Waals surface area contributed by atoms with Gasteiger partial charge in [-0.05, 0) is 55.8 Å². The number of hydrogen-bond donors (Lipinski definition) is 1. The van der Waals surface area contributed by atoms with Crippen LogP contribution in [-0.2, 0) is 28.5 Å². The molecular weight excluding hydrogens is 436 g/mol. The van der Waals surface area contributed by atoms with Crippen LogP contribution in [0.2, 0.25) is 0 Å². The van der Waals surface area contributed by atoms with Gasteiger partial charge in [0.05, 0.1) is 18.1 Å². The smallest absolute Gasteiger partial charge is 0.315 e. The maximum atomic E-state index is 13.5. The number of epoxide rings is 1. The Hall–Kier alpha value is -1.28. The molecule has 4 bridgehead atoms. The molecule has 4 aliphatic carbocycles. The Labute approximate surface area is 201 Å². The number of aldehydes is 1. The van der Waals surface area contributed by atoms with E-state index in [1.54, 1.807) is 7.11 Å². The molecule has 34 heavy (non-hydrogen) atoms. The van der Waals surface area contributed by atoms with Crippen LogP contribution in [0.4, 0.5) is 0 Å². The first-order valence-electron chi connectivity index (χ1n) is 13.1. The molecule has 3 saturated carbocycles. The molecule has 0 aromatic carbocycles. The first-order valence-corrected chi connectivity index (χ1v) is 13.1. The average Bonchev–Trinajstić information content (AvgIpc) is 3.39. The lowest BCUT2D eigenvalue weighted by Gasteiger charge is -2.58. The number of allylic oxidation sites excluding steroid dienone is 1. The third-order valence-electron chi connectivity index (χ3n) is 10.9.